The van der Waals surface area contributed by atoms with Gasteiger partial charge in [0, 0.05) is 16.8 Å². The van der Waals surface area contributed by atoms with Gasteiger partial charge in [0.1, 0.15) is 23.7 Å². The third-order valence-electron chi connectivity index (χ3n) is 4.72. The predicted molar refractivity (Wildman–Crippen MR) is 106 cm³/mol. The maximum absolute atomic E-state index is 11.6. The van der Waals surface area contributed by atoms with E-state index >= 15 is 0 Å². The monoisotopic (exact) mass is 363 g/mol. The van der Waals surface area contributed by atoms with Crippen LogP contribution in [-0.4, -0.2) is 17.2 Å². The van der Waals surface area contributed by atoms with Gasteiger partial charge in [-0.15, -0.1) is 0 Å². The summed E-state index contributed by atoms with van der Waals surface area (Å²) in [6.45, 7) is 4.24. The molecule has 4 heteroatoms. The molecule has 2 aromatic carbocycles. The lowest BCUT2D eigenvalue weighted by atomic mass is 9.83. The normalized spacial score (nSPS) is 13.0. The molecule has 0 aliphatic carbocycles. The van der Waals surface area contributed by atoms with E-state index in [4.69, 9.17) is 9.47 Å². The molecule has 0 aliphatic heterocycles. The lowest BCUT2D eigenvalue weighted by Crippen LogP contribution is -2.27. The topological polar surface area (TPSA) is 51.6 Å². The Labute approximate surface area is 160 Å². The van der Waals surface area contributed by atoms with Gasteiger partial charge in [-0.1, -0.05) is 49.4 Å². The van der Waals surface area contributed by atoms with Crippen LogP contribution in [-0.2, 0) is 12.2 Å². The van der Waals surface area contributed by atoms with Crippen molar-refractivity contribution < 1.29 is 14.6 Å². The second kappa shape index (κ2) is 8.23. The zero-order chi connectivity index (χ0) is 19.3. The van der Waals surface area contributed by atoms with Gasteiger partial charge in [0.15, 0.2) is 0 Å². The van der Waals surface area contributed by atoms with E-state index < -0.39 is 5.60 Å². The maximum atomic E-state index is 11.6. The number of para-hydroxylation sites is 2. The van der Waals surface area contributed by atoms with E-state index in [1.165, 1.54) is 0 Å². The molecule has 1 aromatic heterocycles. The number of aryl methyl sites for hydroxylation is 1. The molecule has 0 spiro atoms. The average Bonchev–Trinajstić information content (AvgIpc) is 2.72. The number of rotatable bonds is 7. The molecular formula is C23H25NO3. The molecule has 1 unspecified atom stereocenters. The van der Waals surface area contributed by atoms with E-state index in [2.05, 4.69) is 4.98 Å². The lowest BCUT2D eigenvalue weighted by Gasteiger charge is -2.31. The number of pyridine rings is 1. The van der Waals surface area contributed by atoms with Crippen LogP contribution in [0.3, 0.4) is 0 Å². The van der Waals surface area contributed by atoms with Crippen molar-refractivity contribution in [3.05, 3.63) is 89.2 Å². The summed E-state index contributed by atoms with van der Waals surface area (Å²) < 4.78 is 11.5. The molecule has 4 nitrogen and oxygen atoms in total. The smallest absolute Gasteiger partial charge is 0.130 e. The fourth-order valence-corrected chi connectivity index (χ4v) is 3.28. The lowest BCUT2D eigenvalue weighted by molar-refractivity contribution is 0.0696. The molecule has 0 bridgehead atoms. The van der Waals surface area contributed by atoms with Gasteiger partial charge in [-0.25, -0.2) is 0 Å². The van der Waals surface area contributed by atoms with Crippen LogP contribution in [0.1, 0.15) is 35.9 Å². The Bertz CT molecular complexity index is 909. The maximum Gasteiger partial charge on any atom is 0.130 e. The number of hydrogen-bond acceptors (Lipinski definition) is 4. The van der Waals surface area contributed by atoms with Crippen molar-refractivity contribution in [2.75, 3.05) is 7.11 Å². The van der Waals surface area contributed by atoms with Crippen molar-refractivity contribution in [2.45, 2.75) is 32.5 Å². The van der Waals surface area contributed by atoms with Crippen molar-refractivity contribution in [2.24, 2.45) is 0 Å². The molecule has 3 rings (SSSR count). The fourth-order valence-electron chi connectivity index (χ4n) is 3.28. The van der Waals surface area contributed by atoms with E-state index in [-0.39, 0.29) is 0 Å². The molecule has 0 saturated carbocycles. The molecule has 0 radical (unpaired) electrons. The van der Waals surface area contributed by atoms with Gasteiger partial charge in [-0.2, -0.15) is 0 Å². The van der Waals surface area contributed by atoms with Gasteiger partial charge in [0.2, 0.25) is 0 Å². The van der Waals surface area contributed by atoms with Crippen LogP contribution in [0.4, 0.5) is 0 Å². The standard InChI is InChI=1S/C23H25NO3/c1-4-23(25,19-12-5-7-14-21(19)26-3)20-13-6-8-15-22(20)27-16-18-11-9-10-17(2)24-18/h5-15,25H,4,16H2,1-3H3. The van der Waals surface area contributed by atoms with Crippen LogP contribution in [0.5, 0.6) is 11.5 Å². The Balaban J connectivity index is 1.98. The quantitative estimate of drug-likeness (QED) is 0.665. The molecule has 0 fully saturated rings. The summed E-state index contributed by atoms with van der Waals surface area (Å²) in [5.41, 5.74) is 2.01. The Morgan fingerprint density at radius 1 is 0.889 bits per heavy atom. The zero-order valence-electron chi connectivity index (χ0n) is 16.0. The van der Waals surface area contributed by atoms with Crippen LogP contribution in [0, 0.1) is 6.92 Å². The van der Waals surface area contributed by atoms with Crippen molar-refractivity contribution in [3.63, 3.8) is 0 Å². The molecule has 27 heavy (non-hydrogen) atoms. The minimum atomic E-state index is -1.22. The third kappa shape index (κ3) is 3.96. The largest absolute Gasteiger partial charge is 0.496 e. The average molecular weight is 363 g/mol. The van der Waals surface area contributed by atoms with E-state index in [9.17, 15) is 5.11 Å². The highest BCUT2D eigenvalue weighted by atomic mass is 16.5. The second-order valence-corrected chi connectivity index (χ2v) is 6.47. The van der Waals surface area contributed by atoms with E-state index in [0.717, 1.165) is 17.0 Å². The molecular weight excluding hydrogens is 338 g/mol. The first-order valence-corrected chi connectivity index (χ1v) is 9.09. The molecule has 0 amide bonds. The highest BCUT2D eigenvalue weighted by Gasteiger charge is 2.35. The first-order chi connectivity index (χ1) is 13.1. The minimum absolute atomic E-state index is 0.338. The summed E-state index contributed by atoms with van der Waals surface area (Å²) >= 11 is 0. The third-order valence-corrected chi connectivity index (χ3v) is 4.72. The number of ether oxygens (including phenoxy) is 2. The molecule has 0 saturated heterocycles. The SMILES string of the molecule is CCC(O)(c1ccccc1OC)c1ccccc1OCc1cccc(C)n1. The Kier molecular flexibility index (Phi) is 5.77. The van der Waals surface area contributed by atoms with Crippen molar-refractivity contribution in [1.82, 2.24) is 4.98 Å². The Hall–Kier alpha value is -2.85. The molecule has 1 atom stereocenters. The first-order valence-electron chi connectivity index (χ1n) is 9.09. The van der Waals surface area contributed by atoms with Crippen molar-refractivity contribution in [1.29, 1.82) is 0 Å². The highest BCUT2D eigenvalue weighted by Crippen LogP contribution is 2.42. The van der Waals surface area contributed by atoms with Gasteiger partial charge < -0.3 is 14.6 Å². The number of benzene rings is 2. The summed E-state index contributed by atoms with van der Waals surface area (Å²) in [6.07, 6.45) is 0.483. The second-order valence-electron chi connectivity index (χ2n) is 6.47. The van der Waals surface area contributed by atoms with Crippen molar-refractivity contribution in [3.8, 4) is 11.5 Å². The number of aromatic nitrogens is 1. The summed E-state index contributed by atoms with van der Waals surface area (Å²) in [6, 6.07) is 21.0. The number of hydrogen-bond donors (Lipinski definition) is 1. The summed E-state index contributed by atoms with van der Waals surface area (Å²) in [7, 11) is 1.61. The van der Waals surface area contributed by atoms with Gasteiger partial charge >= 0.3 is 0 Å². The van der Waals surface area contributed by atoms with Crippen LogP contribution in [0.2, 0.25) is 0 Å². The van der Waals surface area contributed by atoms with E-state index in [1.807, 2.05) is 80.6 Å². The number of aliphatic hydroxyl groups is 1. The zero-order valence-corrected chi connectivity index (χ0v) is 16.0. The molecule has 1 N–H and O–H groups in total. The molecule has 1 heterocycles. The van der Waals surface area contributed by atoms with Gasteiger partial charge in [-0.3, -0.25) is 4.98 Å². The summed E-state index contributed by atoms with van der Waals surface area (Å²) in [5, 5.41) is 11.6. The van der Waals surface area contributed by atoms with Crippen LogP contribution < -0.4 is 9.47 Å². The molecule has 0 aliphatic rings. The van der Waals surface area contributed by atoms with Gasteiger partial charge in [-0.05, 0) is 37.6 Å². The summed E-state index contributed by atoms with van der Waals surface area (Å²) in [5.74, 6) is 1.29. The fraction of sp³-hybridized carbons (Fsp3) is 0.261. The minimum Gasteiger partial charge on any atom is -0.496 e. The Morgan fingerprint density at radius 2 is 1.52 bits per heavy atom. The highest BCUT2D eigenvalue weighted by molar-refractivity contribution is 5.49. The van der Waals surface area contributed by atoms with Crippen molar-refractivity contribution >= 4 is 0 Å². The van der Waals surface area contributed by atoms with E-state index in [0.29, 0.717) is 30.1 Å². The predicted octanol–water partition coefficient (Wildman–Crippen LogP) is 4.62. The number of nitrogens with zero attached hydrogens (tertiary/aromatic N) is 1. The van der Waals surface area contributed by atoms with Crippen LogP contribution >= 0.6 is 0 Å². The molecule has 140 valence electrons. The molecule has 3 aromatic rings. The first kappa shape index (κ1) is 18.9. The van der Waals surface area contributed by atoms with Crippen LogP contribution in [0.15, 0.2) is 66.7 Å². The Morgan fingerprint density at radius 3 is 2.15 bits per heavy atom. The van der Waals surface area contributed by atoms with Gasteiger partial charge in [0.05, 0.1) is 12.8 Å². The van der Waals surface area contributed by atoms with Crippen LogP contribution in [0.25, 0.3) is 0 Å². The van der Waals surface area contributed by atoms with Gasteiger partial charge in [0.25, 0.3) is 0 Å². The number of methoxy groups -OCH3 is 1. The summed E-state index contributed by atoms with van der Waals surface area (Å²) in [4.78, 5) is 4.48. The van der Waals surface area contributed by atoms with E-state index in [1.54, 1.807) is 7.11 Å².